The fourth-order valence-corrected chi connectivity index (χ4v) is 2.19. The van der Waals surface area contributed by atoms with Gasteiger partial charge in [0.05, 0.1) is 7.11 Å². The molecule has 0 fully saturated rings. The van der Waals surface area contributed by atoms with Crippen LogP contribution in [0, 0.1) is 13.8 Å². The SMILES string of the molecule is COc1c(C)cc(C=CCCNC(=O)OC(C)(C)C)cc1C. The Labute approximate surface area is 133 Å². The molecule has 0 radical (unpaired) electrons. The summed E-state index contributed by atoms with van der Waals surface area (Å²) >= 11 is 0. The van der Waals surface area contributed by atoms with Crippen LogP contribution in [-0.2, 0) is 4.74 Å². The summed E-state index contributed by atoms with van der Waals surface area (Å²) in [7, 11) is 1.69. The largest absolute Gasteiger partial charge is 0.496 e. The number of methoxy groups -OCH3 is 1. The first-order valence-electron chi connectivity index (χ1n) is 7.51. The van der Waals surface area contributed by atoms with Gasteiger partial charge in [-0.3, -0.25) is 0 Å². The number of ether oxygens (including phenoxy) is 2. The van der Waals surface area contributed by atoms with Crippen molar-refractivity contribution in [2.24, 2.45) is 0 Å². The summed E-state index contributed by atoms with van der Waals surface area (Å²) in [4.78, 5) is 11.5. The summed E-state index contributed by atoms with van der Waals surface area (Å²) in [5.74, 6) is 0.934. The van der Waals surface area contributed by atoms with Crippen LogP contribution in [0.5, 0.6) is 5.75 Å². The second-order valence-corrected chi connectivity index (χ2v) is 6.31. The minimum atomic E-state index is -0.460. The Hall–Kier alpha value is -1.97. The molecule has 0 aliphatic heterocycles. The lowest BCUT2D eigenvalue weighted by Gasteiger charge is -2.19. The fourth-order valence-electron chi connectivity index (χ4n) is 2.19. The fraction of sp³-hybridized carbons (Fsp3) is 0.500. The third-order valence-electron chi connectivity index (χ3n) is 2.98. The maximum absolute atomic E-state index is 11.5. The molecular formula is C18H27NO3. The number of amides is 1. The van der Waals surface area contributed by atoms with Crippen LogP contribution in [0.2, 0.25) is 0 Å². The lowest BCUT2D eigenvalue weighted by molar-refractivity contribution is 0.0529. The van der Waals surface area contributed by atoms with E-state index in [1.165, 1.54) is 0 Å². The number of alkyl carbamates (subject to hydrolysis) is 1. The summed E-state index contributed by atoms with van der Waals surface area (Å²) in [5, 5.41) is 2.73. The van der Waals surface area contributed by atoms with Crippen molar-refractivity contribution in [1.82, 2.24) is 5.32 Å². The molecule has 0 unspecified atom stereocenters. The molecule has 4 nitrogen and oxygen atoms in total. The first-order chi connectivity index (χ1) is 10.2. The number of hydrogen-bond acceptors (Lipinski definition) is 3. The van der Waals surface area contributed by atoms with Gasteiger partial charge >= 0.3 is 6.09 Å². The molecule has 1 rings (SSSR count). The molecular weight excluding hydrogens is 278 g/mol. The smallest absolute Gasteiger partial charge is 0.407 e. The number of hydrogen-bond donors (Lipinski definition) is 1. The van der Waals surface area contributed by atoms with Crippen molar-refractivity contribution in [2.45, 2.75) is 46.6 Å². The molecule has 1 aromatic carbocycles. The maximum atomic E-state index is 11.5. The van der Waals surface area contributed by atoms with E-state index in [1.54, 1.807) is 7.11 Å². The standard InChI is InChI=1S/C18H27NO3/c1-13-11-15(12-14(2)16(13)21-6)9-7-8-10-19-17(20)22-18(3,4)5/h7,9,11-12H,8,10H2,1-6H3,(H,19,20). The minimum absolute atomic E-state index is 0.378. The molecule has 0 heterocycles. The van der Waals surface area contributed by atoms with Crippen LogP contribution in [0.4, 0.5) is 4.79 Å². The molecule has 1 amide bonds. The number of nitrogens with one attached hydrogen (secondary N) is 1. The zero-order valence-electron chi connectivity index (χ0n) is 14.4. The van der Waals surface area contributed by atoms with Crippen LogP contribution in [0.15, 0.2) is 18.2 Å². The number of aryl methyl sites for hydroxylation is 2. The number of rotatable bonds is 5. The summed E-state index contributed by atoms with van der Waals surface area (Å²) < 4.78 is 10.5. The van der Waals surface area contributed by atoms with Crippen molar-refractivity contribution in [3.8, 4) is 5.75 Å². The van der Waals surface area contributed by atoms with Crippen molar-refractivity contribution < 1.29 is 14.3 Å². The topological polar surface area (TPSA) is 47.6 Å². The van der Waals surface area contributed by atoms with E-state index in [9.17, 15) is 4.79 Å². The quantitative estimate of drug-likeness (QED) is 0.828. The third-order valence-corrected chi connectivity index (χ3v) is 2.98. The predicted octanol–water partition coefficient (Wildman–Crippen LogP) is 4.24. The Kier molecular flexibility index (Phi) is 6.47. The lowest BCUT2D eigenvalue weighted by Crippen LogP contribution is -2.32. The number of carbonyl (C=O) groups is 1. The molecule has 0 atom stereocenters. The van der Waals surface area contributed by atoms with E-state index in [1.807, 2.05) is 40.7 Å². The van der Waals surface area contributed by atoms with Gasteiger partial charge < -0.3 is 14.8 Å². The van der Waals surface area contributed by atoms with Crippen LogP contribution >= 0.6 is 0 Å². The summed E-state index contributed by atoms with van der Waals surface area (Å²) in [6.07, 6.45) is 4.47. The average Bonchev–Trinajstić information content (AvgIpc) is 2.35. The van der Waals surface area contributed by atoms with Gasteiger partial charge in [0.15, 0.2) is 0 Å². The summed E-state index contributed by atoms with van der Waals surface area (Å²) in [6, 6.07) is 4.17. The average molecular weight is 305 g/mol. The van der Waals surface area contributed by atoms with Gasteiger partial charge in [0, 0.05) is 6.54 Å². The lowest BCUT2D eigenvalue weighted by atomic mass is 10.1. The molecule has 1 N–H and O–H groups in total. The Morgan fingerprint density at radius 2 is 1.82 bits per heavy atom. The molecule has 4 heteroatoms. The Bertz CT molecular complexity index is 519. The van der Waals surface area contributed by atoms with Crippen molar-refractivity contribution in [2.75, 3.05) is 13.7 Å². The minimum Gasteiger partial charge on any atom is -0.496 e. The van der Waals surface area contributed by atoms with Crippen LogP contribution in [0.25, 0.3) is 6.08 Å². The zero-order chi connectivity index (χ0) is 16.8. The van der Waals surface area contributed by atoms with Gasteiger partial charge in [-0.2, -0.15) is 0 Å². The van der Waals surface area contributed by atoms with Crippen molar-refractivity contribution in [3.05, 3.63) is 34.9 Å². The molecule has 1 aromatic rings. The van der Waals surface area contributed by atoms with Crippen molar-refractivity contribution in [1.29, 1.82) is 0 Å². The predicted molar refractivity (Wildman–Crippen MR) is 90.4 cm³/mol. The van der Waals surface area contributed by atoms with Crippen LogP contribution in [0.1, 0.15) is 43.9 Å². The first-order valence-corrected chi connectivity index (χ1v) is 7.51. The van der Waals surface area contributed by atoms with E-state index < -0.39 is 5.60 Å². The second-order valence-electron chi connectivity index (χ2n) is 6.31. The Morgan fingerprint density at radius 1 is 1.23 bits per heavy atom. The second kappa shape index (κ2) is 7.87. The Morgan fingerprint density at radius 3 is 2.32 bits per heavy atom. The molecule has 0 saturated heterocycles. The third kappa shape index (κ3) is 6.20. The monoisotopic (exact) mass is 305 g/mol. The summed E-state index contributed by atoms with van der Waals surface area (Å²) in [6.45, 7) is 10.2. The van der Waals surface area contributed by atoms with Crippen molar-refractivity contribution in [3.63, 3.8) is 0 Å². The van der Waals surface area contributed by atoms with Crippen molar-refractivity contribution >= 4 is 12.2 Å². The van der Waals surface area contributed by atoms with E-state index in [0.29, 0.717) is 6.54 Å². The van der Waals surface area contributed by atoms with E-state index in [2.05, 4.69) is 23.5 Å². The molecule has 0 saturated carbocycles. The Balaban J connectivity index is 2.46. The maximum Gasteiger partial charge on any atom is 0.407 e. The van der Waals surface area contributed by atoms with Gasteiger partial charge in [0.25, 0.3) is 0 Å². The van der Waals surface area contributed by atoms with E-state index in [0.717, 1.165) is 28.9 Å². The highest BCUT2D eigenvalue weighted by Gasteiger charge is 2.15. The highest BCUT2D eigenvalue weighted by molar-refractivity contribution is 5.67. The molecule has 0 aromatic heterocycles. The first kappa shape index (κ1) is 18.1. The van der Waals surface area contributed by atoms with Gasteiger partial charge in [-0.15, -0.1) is 0 Å². The van der Waals surface area contributed by atoms with Gasteiger partial charge in [-0.05, 0) is 69.9 Å². The van der Waals surface area contributed by atoms with Crippen LogP contribution in [0.3, 0.4) is 0 Å². The molecule has 0 spiro atoms. The van der Waals surface area contributed by atoms with Gasteiger partial charge in [-0.1, -0.05) is 12.2 Å². The van der Waals surface area contributed by atoms with Crippen LogP contribution < -0.4 is 10.1 Å². The highest BCUT2D eigenvalue weighted by atomic mass is 16.6. The van der Waals surface area contributed by atoms with Crippen LogP contribution in [-0.4, -0.2) is 25.3 Å². The van der Waals surface area contributed by atoms with E-state index in [4.69, 9.17) is 9.47 Å². The summed E-state index contributed by atoms with van der Waals surface area (Å²) in [5.41, 5.74) is 2.91. The molecule has 22 heavy (non-hydrogen) atoms. The highest BCUT2D eigenvalue weighted by Crippen LogP contribution is 2.24. The molecule has 0 aliphatic carbocycles. The zero-order valence-corrected chi connectivity index (χ0v) is 14.4. The van der Waals surface area contributed by atoms with Gasteiger partial charge in [0.1, 0.15) is 11.4 Å². The molecule has 0 bridgehead atoms. The molecule has 122 valence electrons. The van der Waals surface area contributed by atoms with E-state index in [-0.39, 0.29) is 6.09 Å². The van der Waals surface area contributed by atoms with E-state index >= 15 is 0 Å². The van der Waals surface area contributed by atoms with Gasteiger partial charge in [-0.25, -0.2) is 4.79 Å². The number of carbonyl (C=O) groups excluding carboxylic acids is 1. The van der Waals surface area contributed by atoms with Gasteiger partial charge in [0.2, 0.25) is 0 Å². The molecule has 0 aliphatic rings. The normalized spacial score (nSPS) is 11.5. The number of benzene rings is 1.